The fourth-order valence-corrected chi connectivity index (χ4v) is 1.86. The molecule has 6 N–H and O–H groups in total. The van der Waals surface area contributed by atoms with Crippen LogP contribution in [0, 0.1) is 5.41 Å². The molecule has 0 aliphatic heterocycles. The summed E-state index contributed by atoms with van der Waals surface area (Å²) in [5, 5.41) is 16.4. The lowest BCUT2D eigenvalue weighted by molar-refractivity contribution is -0.136. The molecule has 26 heavy (non-hydrogen) atoms. The molecule has 1 aromatic carbocycles. The van der Waals surface area contributed by atoms with Gasteiger partial charge in [0, 0.05) is 12.4 Å². The van der Waals surface area contributed by atoms with Gasteiger partial charge in [-0.3, -0.25) is 19.7 Å². The summed E-state index contributed by atoms with van der Waals surface area (Å²) in [6.45, 7) is 0. The Kier molecular flexibility index (Phi) is 5.89. The van der Waals surface area contributed by atoms with Gasteiger partial charge in [0.05, 0.1) is 17.3 Å². The summed E-state index contributed by atoms with van der Waals surface area (Å²) in [6.07, 6.45) is -3.91. The van der Waals surface area contributed by atoms with E-state index in [9.17, 15) is 31.5 Å². The summed E-state index contributed by atoms with van der Waals surface area (Å²) < 4.78 is 64.6. The topological polar surface area (TPSA) is 161 Å². The average Bonchev–Trinajstić information content (AvgIpc) is 2.88. The number of aromatic amines is 1. The Bertz CT molecular complexity index is 945. The Hall–Kier alpha value is -2.80. The van der Waals surface area contributed by atoms with Crippen LogP contribution in [0.25, 0.3) is 10.9 Å². The van der Waals surface area contributed by atoms with Gasteiger partial charge in [0.1, 0.15) is 11.4 Å². The molecule has 144 valence electrons. The fraction of sp³-hybridized carbons (Fsp3) is 0.231. The molecule has 9 nitrogen and oxygen atoms in total. The van der Waals surface area contributed by atoms with Crippen molar-refractivity contribution in [3.05, 3.63) is 29.5 Å². The third-order valence-corrected chi connectivity index (χ3v) is 2.97. The zero-order chi connectivity index (χ0) is 20.4. The molecule has 0 aliphatic carbocycles. The van der Waals surface area contributed by atoms with Crippen molar-refractivity contribution >= 4 is 32.9 Å². The molecule has 0 radical (unpaired) electrons. The summed E-state index contributed by atoms with van der Waals surface area (Å²) in [7, 11) is -2.46. The largest absolute Gasteiger partial charge is 0.506 e. The summed E-state index contributed by atoms with van der Waals surface area (Å²) in [4.78, 5) is 15.1. The molecule has 13 heteroatoms. The molecule has 1 aromatic heterocycles. The van der Waals surface area contributed by atoms with Crippen molar-refractivity contribution < 1.29 is 36.0 Å². The maximum Gasteiger partial charge on any atom is 0.417 e. The average molecular weight is 396 g/mol. The molecule has 0 saturated heterocycles. The minimum absolute atomic E-state index is 0.204. The van der Waals surface area contributed by atoms with E-state index in [0.717, 1.165) is 23.1 Å². The van der Waals surface area contributed by atoms with Gasteiger partial charge >= 0.3 is 6.18 Å². The number of phenolic OH excluding ortho intramolecular Hbond substituents is 1. The highest BCUT2D eigenvalue weighted by Crippen LogP contribution is 2.38. The number of rotatable bonds is 1. The molecule has 0 atom stereocenters. The number of fused-ring (bicyclic) bond motifs is 1. The van der Waals surface area contributed by atoms with E-state index in [1.807, 2.05) is 0 Å². The van der Waals surface area contributed by atoms with E-state index in [2.05, 4.69) is 4.98 Å². The number of aromatic hydroxyl groups is 1. The van der Waals surface area contributed by atoms with E-state index < -0.39 is 39.5 Å². The first-order valence-electron chi connectivity index (χ1n) is 6.59. The Morgan fingerprint density at radius 1 is 1.35 bits per heavy atom. The number of carbonyl (C=O) groups is 1. The number of nitrogens with zero attached hydrogens (tertiary/aromatic N) is 1. The smallest absolute Gasteiger partial charge is 0.417 e. The van der Waals surface area contributed by atoms with Crippen molar-refractivity contribution in [1.29, 1.82) is 5.41 Å². The van der Waals surface area contributed by atoms with Gasteiger partial charge in [-0.15, -0.1) is 0 Å². The lowest BCUT2D eigenvalue weighted by Crippen LogP contribution is -2.38. The Balaban J connectivity index is 0.000000597. The fourth-order valence-electron chi connectivity index (χ4n) is 1.86. The maximum absolute atomic E-state index is 12.9. The zero-order valence-corrected chi connectivity index (χ0v) is 14.2. The van der Waals surface area contributed by atoms with E-state index in [0.29, 0.717) is 6.26 Å². The normalized spacial score (nSPS) is 11.6. The second-order valence-corrected chi connectivity index (χ2v) is 6.55. The molecule has 1 heterocycles. The second kappa shape index (κ2) is 7.21. The van der Waals surface area contributed by atoms with Gasteiger partial charge < -0.3 is 15.8 Å². The molecule has 0 aliphatic rings. The van der Waals surface area contributed by atoms with Crippen molar-refractivity contribution in [2.75, 3.05) is 13.3 Å². The molecular weight excluding hydrogens is 381 g/mol. The minimum Gasteiger partial charge on any atom is -0.506 e. The van der Waals surface area contributed by atoms with E-state index in [1.54, 1.807) is 0 Å². The van der Waals surface area contributed by atoms with Crippen molar-refractivity contribution in [2.24, 2.45) is 5.73 Å². The summed E-state index contributed by atoms with van der Waals surface area (Å²) in [5.74, 6) is -1.76. The van der Waals surface area contributed by atoms with Crippen molar-refractivity contribution in [2.45, 2.75) is 6.18 Å². The van der Waals surface area contributed by atoms with Gasteiger partial charge in [0.25, 0.3) is 16.0 Å². The minimum atomic E-state index is -4.62. The number of hydrogen-bond acceptors (Lipinski definition) is 5. The molecule has 2 aromatic rings. The quantitative estimate of drug-likeness (QED) is 0.278. The number of benzene rings is 1. The first kappa shape index (κ1) is 21.2. The van der Waals surface area contributed by atoms with Crippen LogP contribution in [0.15, 0.2) is 18.2 Å². The number of nitrogens with one attached hydrogen (secondary N) is 2. The molecule has 0 spiro atoms. The molecule has 0 bridgehead atoms. The second-order valence-electron chi connectivity index (χ2n) is 5.08. The number of aromatic nitrogens is 1. The lowest BCUT2D eigenvalue weighted by Gasteiger charge is -2.12. The van der Waals surface area contributed by atoms with Crippen LogP contribution in [-0.4, -0.2) is 53.1 Å². The third kappa shape index (κ3) is 5.35. The predicted octanol–water partition coefficient (Wildman–Crippen LogP) is 1.36. The Morgan fingerprint density at radius 3 is 2.27 bits per heavy atom. The lowest BCUT2D eigenvalue weighted by atomic mass is 10.1. The van der Waals surface area contributed by atoms with Gasteiger partial charge in [-0.05, 0) is 18.2 Å². The maximum atomic E-state index is 12.9. The van der Waals surface area contributed by atoms with Crippen molar-refractivity contribution in [3.63, 3.8) is 0 Å². The number of H-pyrrole nitrogens is 1. The highest BCUT2D eigenvalue weighted by atomic mass is 32.2. The first-order chi connectivity index (χ1) is 11.6. The summed E-state index contributed by atoms with van der Waals surface area (Å²) in [6, 6.07) is 2.60. The SMILES string of the molecule is CN(C(=N)N)C(=O)c1cc2c(C(F)(F)F)ccc(O)c2[nH]1.CS(=O)(=O)O. The number of amides is 1. The van der Waals surface area contributed by atoms with Gasteiger partial charge in [-0.25, -0.2) is 0 Å². The standard InChI is InChI=1S/C12H11F3N4O2.CH4O3S/c1-19(11(16)17)10(21)7-4-5-6(12(13,14)15)2-3-8(20)9(5)18-7;1-5(2,3)4/h2-4,18,20H,1H3,(H3,16,17);1H3,(H,2,3,4). The third-order valence-electron chi connectivity index (χ3n) is 2.97. The van der Waals surface area contributed by atoms with E-state index in [1.165, 1.54) is 7.05 Å². The van der Waals surface area contributed by atoms with E-state index in [4.69, 9.17) is 15.7 Å². The van der Waals surface area contributed by atoms with Crippen LogP contribution in [0.5, 0.6) is 5.75 Å². The van der Waals surface area contributed by atoms with Crippen LogP contribution in [0.4, 0.5) is 13.2 Å². The molecule has 0 unspecified atom stereocenters. The molecule has 0 saturated carbocycles. The van der Waals surface area contributed by atoms with Crippen LogP contribution in [-0.2, 0) is 16.3 Å². The van der Waals surface area contributed by atoms with Gasteiger partial charge in [0.15, 0.2) is 5.96 Å². The molecule has 0 fully saturated rings. The first-order valence-corrected chi connectivity index (χ1v) is 8.44. The molecule has 2 rings (SSSR count). The van der Waals surface area contributed by atoms with Crippen LogP contribution < -0.4 is 5.73 Å². The Morgan fingerprint density at radius 2 is 1.85 bits per heavy atom. The predicted molar refractivity (Wildman–Crippen MR) is 86.4 cm³/mol. The van der Waals surface area contributed by atoms with E-state index in [-0.39, 0.29) is 16.6 Å². The molecular formula is C13H15F3N4O5S. The Labute approximate surface area is 145 Å². The molecule has 1 amide bonds. The van der Waals surface area contributed by atoms with Crippen LogP contribution in [0.1, 0.15) is 16.1 Å². The zero-order valence-electron chi connectivity index (χ0n) is 13.4. The number of halogens is 3. The van der Waals surface area contributed by atoms with Crippen LogP contribution in [0.2, 0.25) is 0 Å². The highest BCUT2D eigenvalue weighted by molar-refractivity contribution is 7.85. The van der Waals surface area contributed by atoms with Crippen molar-refractivity contribution in [1.82, 2.24) is 9.88 Å². The van der Waals surface area contributed by atoms with Crippen molar-refractivity contribution in [3.8, 4) is 5.75 Å². The van der Waals surface area contributed by atoms with Gasteiger partial charge in [-0.2, -0.15) is 21.6 Å². The van der Waals surface area contributed by atoms with Crippen LogP contribution in [0.3, 0.4) is 0 Å². The monoisotopic (exact) mass is 396 g/mol. The number of carbonyl (C=O) groups excluding carboxylic acids is 1. The van der Waals surface area contributed by atoms with E-state index >= 15 is 0 Å². The highest BCUT2D eigenvalue weighted by Gasteiger charge is 2.34. The number of nitrogens with two attached hydrogens (primary N) is 1. The van der Waals surface area contributed by atoms with Crippen LogP contribution >= 0.6 is 0 Å². The van der Waals surface area contributed by atoms with Gasteiger partial charge in [-0.1, -0.05) is 0 Å². The van der Waals surface area contributed by atoms with Gasteiger partial charge in [0.2, 0.25) is 0 Å². The number of alkyl halides is 3. The summed E-state index contributed by atoms with van der Waals surface area (Å²) >= 11 is 0. The number of phenols is 1. The number of guanidine groups is 1. The summed E-state index contributed by atoms with van der Waals surface area (Å²) in [5.41, 5.74) is 3.75. The number of hydrogen-bond donors (Lipinski definition) is 5.